The van der Waals surface area contributed by atoms with Gasteiger partial charge >= 0.3 is 0 Å². The predicted octanol–water partition coefficient (Wildman–Crippen LogP) is 3.22. The van der Waals surface area contributed by atoms with E-state index in [4.69, 9.17) is 4.42 Å². The van der Waals surface area contributed by atoms with Crippen molar-refractivity contribution < 1.29 is 4.42 Å². The lowest BCUT2D eigenvalue weighted by molar-refractivity contribution is 0.506. The van der Waals surface area contributed by atoms with E-state index in [-0.39, 0.29) is 0 Å². The van der Waals surface area contributed by atoms with Crippen LogP contribution >= 0.6 is 11.8 Å². The van der Waals surface area contributed by atoms with Crippen molar-refractivity contribution in [2.24, 2.45) is 4.99 Å². The summed E-state index contributed by atoms with van der Waals surface area (Å²) in [4.78, 5) is 4.69. The van der Waals surface area contributed by atoms with Gasteiger partial charge < -0.3 is 15.1 Å². The second-order valence-electron chi connectivity index (χ2n) is 5.48. The van der Waals surface area contributed by atoms with Gasteiger partial charge in [-0.3, -0.25) is 4.99 Å². The minimum absolute atomic E-state index is 0.579. The number of thioether (sulfide) groups is 1. The highest BCUT2D eigenvalue weighted by atomic mass is 32.2. The van der Waals surface area contributed by atoms with Crippen molar-refractivity contribution >= 4 is 17.7 Å². The van der Waals surface area contributed by atoms with Gasteiger partial charge in [0.15, 0.2) is 5.96 Å². The lowest BCUT2D eigenvalue weighted by Gasteiger charge is -2.17. The number of hydrogen-bond acceptors (Lipinski definition) is 3. The Bertz CT molecular complexity index is 439. The molecule has 22 heavy (non-hydrogen) atoms. The first-order valence-electron chi connectivity index (χ1n) is 8.14. The zero-order valence-corrected chi connectivity index (χ0v) is 14.0. The average molecular weight is 321 g/mol. The largest absolute Gasteiger partial charge is 0.469 e. The van der Waals surface area contributed by atoms with Crippen LogP contribution in [0.2, 0.25) is 0 Å². The molecule has 0 radical (unpaired) electrons. The maximum absolute atomic E-state index is 5.36. The third kappa shape index (κ3) is 6.60. The van der Waals surface area contributed by atoms with Crippen molar-refractivity contribution in [3.63, 3.8) is 0 Å². The van der Waals surface area contributed by atoms with Crippen LogP contribution in [0.4, 0.5) is 0 Å². The summed E-state index contributed by atoms with van der Waals surface area (Å²) < 4.78 is 5.36. The van der Waals surface area contributed by atoms with Crippen LogP contribution in [0.3, 0.4) is 0 Å². The summed E-state index contributed by atoms with van der Waals surface area (Å²) in [6.07, 6.45) is 9.70. The summed E-state index contributed by atoms with van der Waals surface area (Å²) >= 11 is 1.86. The standard InChI is InChI=1S/C17H27N3OS/c1-2-13-22-14-11-19-17(20-15-6-3-4-7-15)18-10-9-16-8-5-12-21-16/h2,5,8,12,15H,1,3-4,6-7,9-11,13-14H2,(H2,18,19,20). The van der Waals surface area contributed by atoms with Gasteiger partial charge in [-0.25, -0.2) is 0 Å². The zero-order chi connectivity index (χ0) is 15.5. The fraction of sp³-hybridized carbons (Fsp3) is 0.588. The Balaban J connectivity index is 1.74. The smallest absolute Gasteiger partial charge is 0.191 e. The molecule has 0 amide bonds. The molecule has 122 valence electrons. The van der Waals surface area contributed by atoms with Crippen LogP contribution in [0.25, 0.3) is 0 Å². The average Bonchev–Trinajstić information content (AvgIpc) is 3.20. The molecule has 0 unspecified atom stereocenters. The van der Waals surface area contributed by atoms with E-state index in [0.717, 1.165) is 42.7 Å². The summed E-state index contributed by atoms with van der Waals surface area (Å²) in [6.45, 7) is 5.41. The molecule has 1 fully saturated rings. The maximum atomic E-state index is 5.36. The molecule has 0 atom stereocenters. The molecule has 2 rings (SSSR count). The molecular weight excluding hydrogens is 294 g/mol. The van der Waals surface area contributed by atoms with Gasteiger partial charge in [0.05, 0.1) is 12.8 Å². The number of nitrogens with one attached hydrogen (secondary N) is 2. The van der Waals surface area contributed by atoms with Crippen LogP contribution in [0.5, 0.6) is 0 Å². The Morgan fingerprint density at radius 1 is 1.45 bits per heavy atom. The summed E-state index contributed by atoms with van der Waals surface area (Å²) in [7, 11) is 0. The quantitative estimate of drug-likeness (QED) is 0.317. The van der Waals surface area contributed by atoms with Crippen molar-refractivity contribution in [2.75, 3.05) is 24.6 Å². The summed E-state index contributed by atoms with van der Waals surface area (Å²) in [6, 6.07) is 4.52. The zero-order valence-electron chi connectivity index (χ0n) is 13.2. The lowest BCUT2D eigenvalue weighted by atomic mass is 10.2. The van der Waals surface area contributed by atoms with E-state index in [9.17, 15) is 0 Å². The topological polar surface area (TPSA) is 49.6 Å². The molecule has 0 saturated heterocycles. The highest BCUT2D eigenvalue weighted by molar-refractivity contribution is 7.99. The van der Waals surface area contributed by atoms with Crippen LogP contribution in [0.1, 0.15) is 31.4 Å². The number of guanidine groups is 1. The first kappa shape index (κ1) is 17.0. The van der Waals surface area contributed by atoms with Gasteiger partial charge in [0.25, 0.3) is 0 Å². The molecule has 0 bridgehead atoms. The van der Waals surface area contributed by atoms with E-state index in [2.05, 4.69) is 22.2 Å². The van der Waals surface area contributed by atoms with Crippen LogP contribution < -0.4 is 10.6 Å². The fourth-order valence-corrected chi connectivity index (χ4v) is 3.12. The molecule has 1 saturated carbocycles. The van der Waals surface area contributed by atoms with E-state index < -0.39 is 0 Å². The maximum Gasteiger partial charge on any atom is 0.191 e. The Hall–Kier alpha value is -1.36. The summed E-state index contributed by atoms with van der Waals surface area (Å²) in [5.41, 5.74) is 0. The number of rotatable bonds is 9. The van der Waals surface area contributed by atoms with Crippen LogP contribution in [-0.2, 0) is 6.42 Å². The van der Waals surface area contributed by atoms with Crippen LogP contribution in [0, 0.1) is 0 Å². The number of aliphatic imine (C=N–C) groups is 1. The van der Waals surface area contributed by atoms with Gasteiger partial charge in [-0.15, -0.1) is 6.58 Å². The second kappa shape index (κ2) is 10.4. The van der Waals surface area contributed by atoms with E-state index in [0.29, 0.717) is 6.04 Å². The van der Waals surface area contributed by atoms with Crippen molar-refractivity contribution in [3.05, 3.63) is 36.8 Å². The number of furan rings is 1. The molecule has 1 aliphatic rings. The van der Waals surface area contributed by atoms with E-state index >= 15 is 0 Å². The highest BCUT2D eigenvalue weighted by Gasteiger charge is 2.15. The Morgan fingerprint density at radius 2 is 2.32 bits per heavy atom. The molecule has 2 N–H and O–H groups in total. The second-order valence-corrected chi connectivity index (χ2v) is 6.63. The fourth-order valence-electron chi connectivity index (χ4n) is 2.56. The Morgan fingerprint density at radius 3 is 3.05 bits per heavy atom. The minimum Gasteiger partial charge on any atom is -0.469 e. The molecule has 0 aromatic carbocycles. The molecule has 4 nitrogen and oxygen atoms in total. The van der Waals surface area contributed by atoms with E-state index in [1.165, 1.54) is 25.7 Å². The van der Waals surface area contributed by atoms with Crippen LogP contribution in [-0.4, -0.2) is 36.6 Å². The van der Waals surface area contributed by atoms with Gasteiger partial charge in [-0.2, -0.15) is 11.8 Å². The molecule has 1 aromatic heterocycles. The minimum atomic E-state index is 0.579. The number of nitrogens with zero attached hydrogens (tertiary/aromatic N) is 1. The van der Waals surface area contributed by atoms with Crippen molar-refractivity contribution in [1.82, 2.24) is 10.6 Å². The van der Waals surface area contributed by atoms with E-state index in [1.807, 2.05) is 30.0 Å². The molecule has 1 aromatic rings. The molecule has 0 aliphatic heterocycles. The molecule has 5 heteroatoms. The van der Waals surface area contributed by atoms with E-state index in [1.54, 1.807) is 6.26 Å². The van der Waals surface area contributed by atoms with Crippen molar-refractivity contribution in [3.8, 4) is 0 Å². The summed E-state index contributed by atoms with van der Waals surface area (Å²) in [5.74, 6) is 3.97. The van der Waals surface area contributed by atoms with Gasteiger partial charge in [0, 0.05) is 30.5 Å². The normalized spacial score (nSPS) is 15.9. The first-order chi connectivity index (χ1) is 10.9. The first-order valence-corrected chi connectivity index (χ1v) is 9.30. The Labute approximate surface area is 137 Å². The summed E-state index contributed by atoms with van der Waals surface area (Å²) in [5, 5.41) is 6.99. The third-order valence-electron chi connectivity index (χ3n) is 3.68. The predicted molar refractivity (Wildman–Crippen MR) is 95.6 cm³/mol. The molecular formula is C17H27N3OS. The highest BCUT2D eigenvalue weighted by Crippen LogP contribution is 2.17. The lowest BCUT2D eigenvalue weighted by Crippen LogP contribution is -2.43. The van der Waals surface area contributed by atoms with Crippen molar-refractivity contribution in [2.45, 2.75) is 38.1 Å². The molecule has 1 heterocycles. The van der Waals surface area contributed by atoms with Gasteiger partial charge in [0.2, 0.25) is 0 Å². The monoisotopic (exact) mass is 321 g/mol. The van der Waals surface area contributed by atoms with Gasteiger partial charge in [-0.05, 0) is 25.0 Å². The SMILES string of the molecule is C=CCSCCN=C(NCCc1ccco1)NC1CCCC1. The molecule has 1 aliphatic carbocycles. The molecule has 0 spiro atoms. The number of hydrogen-bond donors (Lipinski definition) is 2. The third-order valence-corrected chi connectivity index (χ3v) is 4.62. The Kier molecular flexibility index (Phi) is 8.02. The van der Waals surface area contributed by atoms with Crippen molar-refractivity contribution in [1.29, 1.82) is 0 Å². The van der Waals surface area contributed by atoms with Crippen LogP contribution in [0.15, 0.2) is 40.5 Å². The van der Waals surface area contributed by atoms with Gasteiger partial charge in [-0.1, -0.05) is 18.9 Å². The van der Waals surface area contributed by atoms with Gasteiger partial charge in [0.1, 0.15) is 5.76 Å².